The van der Waals surface area contributed by atoms with Gasteiger partial charge in [0.25, 0.3) is 0 Å². The van der Waals surface area contributed by atoms with Crippen molar-refractivity contribution in [2.24, 2.45) is 0 Å². The number of alkyl halides is 1. The molecule has 1 heterocycles. The number of nitrogens with zero attached hydrogens (tertiary/aromatic N) is 1. The first kappa shape index (κ1) is 13.1. The molecule has 0 aliphatic rings. The van der Waals surface area contributed by atoms with Crippen LogP contribution in [-0.4, -0.2) is 4.98 Å². The van der Waals surface area contributed by atoms with Crippen LogP contribution < -0.4 is 0 Å². The highest BCUT2D eigenvalue weighted by Gasteiger charge is 2.10. The molecule has 0 bridgehead atoms. The van der Waals surface area contributed by atoms with Crippen molar-refractivity contribution in [1.29, 1.82) is 0 Å². The molecule has 0 atom stereocenters. The first-order valence-corrected chi connectivity index (χ1v) is 7.58. The molecule has 1 aromatic heterocycles. The van der Waals surface area contributed by atoms with Gasteiger partial charge in [-0.2, -0.15) is 0 Å². The molecule has 0 aliphatic heterocycles. The second-order valence-corrected chi connectivity index (χ2v) is 5.16. The van der Waals surface area contributed by atoms with Gasteiger partial charge in [0.2, 0.25) is 5.89 Å². The fourth-order valence-corrected chi connectivity index (χ4v) is 2.63. The fourth-order valence-electron chi connectivity index (χ4n) is 2.11. The number of oxazole rings is 1. The molecule has 0 saturated heterocycles. The molecule has 2 aromatic carbocycles. The molecule has 3 aromatic rings. The third-order valence-corrected chi connectivity index (χ3v) is 3.79. The first-order valence-electron chi connectivity index (χ1n) is 6.46. The highest BCUT2D eigenvalue weighted by Crippen LogP contribution is 2.26. The van der Waals surface area contributed by atoms with Crippen molar-refractivity contribution in [2.45, 2.75) is 12.3 Å². The Morgan fingerprint density at radius 2 is 1.50 bits per heavy atom. The van der Waals surface area contributed by atoms with Crippen molar-refractivity contribution in [3.63, 3.8) is 0 Å². The number of aryl methyl sites for hydroxylation is 1. The summed E-state index contributed by atoms with van der Waals surface area (Å²) in [7, 11) is 0. The van der Waals surface area contributed by atoms with Crippen LogP contribution in [0.2, 0.25) is 0 Å². The Morgan fingerprint density at radius 3 is 2.10 bits per heavy atom. The monoisotopic (exact) mass is 327 g/mol. The number of halogens is 1. The predicted molar refractivity (Wildman–Crippen MR) is 84.7 cm³/mol. The third-order valence-electron chi connectivity index (χ3n) is 3.26. The zero-order valence-electron chi connectivity index (χ0n) is 11.1. The minimum atomic E-state index is 0.677. The molecule has 0 amide bonds. The Hall–Kier alpha value is -1.87. The quantitative estimate of drug-likeness (QED) is 0.617. The van der Waals surface area contributed by atoms with Crippen LogP contribution in [0.3, 0.4) is 0 Å². The standard InChI is InChI=1S/C17H14BrNO/c1-12-16(11-18)19-17(20-12)15-9-7-14(8-10-15)13-5-3-2-4-6-13/h2-10H,11H2,1H3. The van der Waals surface area contributed by atoms with Gasteiger partial charge in [-0.25, -0.2) is 4.98 Å². The van der Waals surface area contributed by atoms with Crippen molar-refractivity contribution >= 4 is 15.9 Å². The van der Waals surface area contributed by atoms with Gasteiger partial charge in [0.15, 0.2) is 0 Å². The Labute approximate surface area is 126 Å². The van der Waals surface area contributed by atoms with E-state index in [-0.39, 0.29) is 0 Å². The molecule has 3 rings (SSSR count). The molecule has 2 nitrogen and oxygen atoms in total. The first-order chi connectivity index (χ1) is 9.78. The molecule has 0 radical (unpaired) electrons. The molecule has 3 heteroatoms. The molecule has 0 unspecified atom stereocenters. The van der Waals surface area contributed by atoms with Gasteiger partial charge in [-0.1, -0.05) is 58.4 Å². The lowest BCUT2D eigenvalue weighted by molar-refractivity contribution is 0.540. The van der Waals surface area contributed by atoms with Crippen molar-refractivity contribution in [3.05, 3.63) is 66.1 Å². The predicted octanol–water partition coefficient (Wildman–Crippen LogP) is 5.21. The summed E-state index contributed by atoms with van der Waals surface area (Å²) in [4.78, 5) is 4.49. The van der Waals surface area contributed by atoms with E-state index in [9.17, 15) is 0 Å². The molecular formula is C17H14BrNO. The van der Waals surface area contributed by atoms with E-state index in [0.29, 0.717) is 11.2 Å². The summed E-state index contributed by atoms with van der Waals surface area (Å²) in [5.74, 6) is 1.54. The molecule has 20 heavy (non-hydrogen) atoms. The molecule has 0 spiro atoms. The van der Waals surface area contributed by atoms with Crippen molar-refractivity contribution in [2.75, 3.05) is 0 Å². The maximum atomic E-state index is 5.70. The minimum Gasteiger partial charge on any atom is -0.441 e. The van der Waals surface area contributed by atoms with E-state index in [1.54, 1.807) is 0 Å². The van der Waals surface area contributed by atoms with Crippen LogP contribution in [0, 0.1) is 6.92 Å². The highest BCUT2D eigenvalue weighted by atomic mass is 79.9. The number of hydrogen-bond donors (Lipinski definition) is 0. The summed E-state index contributed by atoms with van der Waals surface area (Å²) < 4.78 is 5.70. The fraction of sp³-hybridized carbons (Fsp3) is 0.118. The summed E-state index contributed by atoms with van der Waals surface area (Å²) in [5, 5.41) is 0.713. The van der Waals surface area contributed by atoms with Crippen molar-refractivity contribution < 1.29 is 4.42 Å². The SMILES string of the molecule is Cc1oc(-c2ccc(-c3ccccc3)cc2)nc1CBr. The summed E-state index contributed by atoms with van der Waals surface area (Å²) in [6.45, 7) is 1.94. The zero-order chi connectivity index (χ0) is 13.9. The van der Waals surface area contributed by atoms with E-state index in [1.807, 2.05) is 37.3 Å². The summed E-state index contributed by atoms with van der Waals surface area (Å²) in [6, 6.07) is 18.6. The Balaban J connectivity index is 1.93. The molecule has 0 fully saturated rings. The number of aromatic nitrogens is 1. The van der Waals surface area contributed by atoms with Gasteiger partial charge in [-0.05, 0) is 30.2 Å². The number of rotatable bonds is 3. The number of hydrogen-bond acceptors (Lipinski definition) is 2. The highest BCUT2D eigenvalue weighted by molar-refractivity contribution is 9.08. The summed E-state index contributed by atoms with van der Waals surface area (Å²) >= 11 is 3.41. The van der Waals surface area contributed by atoms with Crippen molar-refractivity contribution in [1.82, 2.24) is 4.98 Å². The van der Waals surface area contributed by atoms with Crippen LogP contribution in [0.1, 0.15) is 11.5 Å². The Bertz CT molecular complexity index is 702. The van der Waals surface area contributed by atoms with E-state index < -0.39 is 0 Å². The van der Waals surface area contributed by atoms with Gasteiger partial charge in [0.1, 0.15) is 5.76 Å². The average Bonchev–Trinajstić information content (AvgIpc) is 2.89. The van der Waals surface area contributed by atoms with Crippen LogP contribution >= 0.6 is 15.9 Å². The Kier molecular flexibility index (Phi) is 3.70. The molecule has 0 N–H and O–H groups in total. The topological polar surface area (TPSA) is 26.0 Å². The van der Waals surface area contributed by atoms with Gasteiger partial charge < -0.3 is 4.42 Å². The van der Waals surface area contributed by atoms with Gasteiger partial charge >= 0.3 is 0 Å². The lowest BCUT2D eigenvalue weighted by Gasteiger charge is -2.02. The second kappa shape index (κ2) is 5.63. The Morgan fingerprint density at radius 1 is 0.900 bits per heavy atom. The molecule has 0 saturated carbocycles. The van der Waals surface area contributed by atoms with Crippen LogP contribution in [0.5, 0.6) is 0 Å². The summed E-state index contributed by atoms with van der Waals surface area (Å²) in [6.07, 6.45) is 0. The smallest absolute Gasteiger partial charge is 0.226 e. The van der Waals surface area contributed by atoms with Crippen LogP contribution in [0.15, 0.2) is 59.0 Å². The average molecular weight is 328 g/mol. The maximum absolute atomic E-state index is 5.70. The zero-order valence-corrected chi connectivity index (χ0v) is 12.7. The lowest BCUT2D eigenvalue weighted by Crippen LogP contribution is -1.82. The molecular weight excluding hydrogens is 314 g/mol. The second-order valence-electron chi connectivity index (χ2n) is 4.60. The normalized spacial score (nSPS) is 10.7. The largest absolute Gasteiger partial charge is 0.441 e. The van der Waals surface area contributed by atoms with Crippen LogP contribution in [0.4, 0.5) is 0 Å². The molecule has 100 valence electrons. The van der Waals surface area contributed by atoms with Crippen LogP contribution in [0.25, 0.3) is 22.6 Å². The van der Waals surface area contributed by atoms with Crippen molar-refractivity contribution in [3.8, 4) is 22.6 Å². The lowest BCUT2D eigenvalue weighted by atomic mass is 10.0. The van der Waals surface area contributed by atoms with Gasteiger partial charge in [0, 0.05) is 10.9 Å². The molecule has 0 aliphatic carbocycles. The van der Waals surface area contributed by atoms with E-state index in [2.05, 4.69) is 45.2 Å². The van der Waals surface area contributed by atoms with Gasteiger partial charge in [-0.3, -0.25) is 0 Å². The van der Waals surface area contributed by atoms with E-state index >= 15 is 0 Å². The van der Waals surface area contributed by atoms with Gasteiger partial charge in [-0.15, -0.1) is 0 Å². The number of benzene rings is 2. The van der Waals surface area contributed by atoms with Gasteiger partial charge in [0.05, 0.1) is 5.69 Å². The third kappa shape index (κ3) is 2.54. The van der Waals surface area contributed by atoms with E-state index in [0.717, 1.165) is 17.0 Å². The van der Waals surface area contributed by atoms with E-state index in [4.69, 9.17) is 4.42 Å². The van der Waals surface area contributed by atoms with E-state index in [1.165, 1.54) is 11.1 Å². The van der Waals surface area contributed by atoms with Crippen LogP contribution in [-0.2, 0) is 5.33 Å². The maximum Gasteiger partial charge on any atom is 0.226 e. The summed E-state index contributed by atoms with van der Waals surface area (Å²) in [5.41, 5.74) is 4.36. The minimum absolute atomic E-state index is 0.677.